The lowest BCUT2D eigenvalue weighted by molar-refractivity contribution is -0.131. The summed E-state index contributed by atoms with van der Waals surface area (Å²) in [4.78, 5) is 14.6. The third-order valence-electron chi connectivity index (χ3n) is 4.49. The summed E-state index contributed by atoms with van der Waals surface area (Å²) < 4.78 is 16.2. The van der Waals surface area contributed by atoms with Crippen LogP contribution >= 0.6 is 11.8 Å². The van der Waals surface area contributed by atoms with Gasteiger partial charge in [-0.2, -0.15) is 0 Å². The van der Waals surface area contributed by atoms with Crippen LogP contribution in [0, 0.1) is 5.82 Å². The number of rotatable bonds is 7. The fourth-order valence-corrected chi connectivity index (χ4v) is 4.18. The molecule has 1 amide bonds. The van der Waals surface area contributed by atoms with Gasteiger partial charge in [0.1, 0.15) is 5.82 Å². The van der Waals surface area contributed by atoms with Crippen molar-refractivity contribution in [3.8, 4) is 17.1 Å². The SMILES string of the molecule is CC(C)N(C(=O)CSc1nnc(-c2ccccc2F)n1-c1ccccc1)C(C)C. The van der Waals surface area contributed by atoms with Crippen molar-refractivity contribution in [2.75, 3.05) is 5.75 Å². The predicted octanol–water partition coefficient (Wildman–Crippen LogP) is 4.81. The molecule has 0 aliphatic carbocycles. The van der Waals surface area contributed by atoms with E-state index in [4.69, 9.17) is 0 Å². The normalized spacial score (nSPS) is 11.3. The van der Waals surface area contributed by atoms with Crippen LogP contribution in [-0.2, 0) is 4.79 Å². The number of aromatic nitrogens is 3. The van der Waals surface area contributed by atoms with Crippen molar-refractivity contribution in [3.63, 3.8) is 0 Å². The summed E-state index contributed by atoms with van der Waals surface area (Å²) >= 11 is 1.31. The standard InChI is InChI=1S/C22H25FN4OS/c1-15(2)26(16(3)4)20(28)14-29-22-25-24-21(18-12-8-9-13-19(18)23)27(22)17-10-6-5-7-11-17/h5-13,15-16H,14H2,1-4H3. The Balaban J connectivity index is 1.96. The summed E-state index contributed by atoms with van der Waals surface area (Å²) in [6.45, 7) is 8.02. The van der Waals surface area contributed by atoms with E-state index in [2.05, 4.69) is 10.2 Å². The molecule has 0 N–H and O–H groups in total. The van der Waals surface area contributed by atoms with Crippen LogP contribution in [0.5, 0.6) is 0 Å². The van der Waals surface area contributed by atoms with Crippen LogP contribution in [-0.4, -0.2) is 43.4 Å². The first-order chi connectivity index (χ1) is 13.9. The Hall–Kier alpha value is -2.67. The summed E-state index contributed by atoms with van der Waals surface area (Å²) in [5.74, 6) is 0.317. The smallest absolute Gasteiger partial charge is 0.233 e. The highest BCUT2D eigenvalue weighted by molar-refractivity contribution is 7.99. The van der Waals surface area contributed by atoms with E-state index < -0.39 is 0 Å². The van der Waals surface area contributed by atoms with E-state index in [0.29, 0.717) is 16.5 Å². The van der Waals surface area contributed by atoms with E-state index >= 15 is 0 Å². The number of para-hydroxylation sites is 1. The van der Waals surface area contributed by atoms with E-state index in [0.717, 1.165) is 5.69 Å². The second-order valence-corrected chi connectivity index (χ2v) is 8.18. The van der Waals surface area contributed by atoms with Crippen molar-refractivity contribution in [1.82, 2.24) is 19.7 Å². The molecule has 0 saturated heterocycles. The molecule has 3 rings (SSSR count). The highest BCUT2D eigenvalue weighted by Crippen LogP contribution is 2.29. The molecule has 0 saturated carbocycles. The maximum absolute atomic E-state index is 14.4. The van der Waals surface area contributed by atoms with Gasteiger partial charge in [-0.05, 0) is 52.0 Å². The van der Waals surface area contributed by atoms with Crippen LogP contribution in [0.15, 0.2) is 59.8 Å². The minimum Gasteiger partial charge on any atom is -0.337 e. The van der Waals surface area contributed by atoms with Crippen molar-refractivity contribution >= 4 is 17.7 Å². The molecule has 152 valence electrons. The number of hydrogen-bond acceptors (Lipinski definition) is 4. The summed E-state index contributed by atoms with van der Waals surface area (Å²) in [5.41, 5.74) is 1.18. The Morgan fingerprint density at radius 2 is 1.62 bits per heavy atom. The number of thioether (sulfide) groups is 1. The highest BCUT2D eigenvalue weighted by Gasteiger charge is 2.23. The second kappa shape index (κ2) is 9.22. The number of amides is 1. The fraction of sp³-hybridized carbons (Fsp3) is 0.318. The van der Waals surface area contributed by atoms with Crippen LogP contribution in [0.25, 0.3) is 17.1 Å². The minimum atomic E-state index is -0.365. The first-order valence-corrected chi connectivity index (χ1v) is 10.6. The summed E-state index contributed by atoms with van der Waals surface area (Å²) in [7, 11) is 0. The average Bonchev–Trinajstić information content (AvgIpc) is 3.10. The number of halogens is 1. The third-order valence-corrected chi connectivity index (χ3v) is 5.40. The summed E-state index contributed by atoms with van der Waals surface area (Å²) in [6.07, 6.45) is 0. The van der Waals surface area contributed by atoms with Gasteiger partial charge in [-0.15, -0.1) is 10.2 Å². The number of nitrogens with zero attached hydrogens (tertiary/aromatic N) is 4. The zero-order valence-corrected chi connectivity index (χ0v) is 17.9. The van der Waals surface area contributed by atoms with Crippen molar-refractivity contribution in [1.29, 1.82) is 0 Å². The largest absolute Gasteiger partial charge is 0.337 e. The Labute approximate surface area is 175 Å². The number of benzene rings is 2. The van der Waals surface area contributed by atoms with Crippen molar-refractivity contribution in [2.45, 2.75) is 44.9 Å². The minimum absolute atomic E-state index is 0.0371. The molecule has 2 aromatic carbocycles. The molecule has 3 aromatic rings. The van der Waals surface area contributed by atoms with Gasteiger partial charge in [-0.3, -0.25) is 9.36 Å². The summed E-state index contributed by atoms with van der Waals surface area (Å²) in [6, 6.07) is 16.3. The molecule has 0 aliphatic heterocycles. The van der Waals surface area contributed by atoms with E-state index in [1.807, 2.05) is 62.9 Å². The van der Waals surface area contributed by atoms with Gasteiger partial charge in [0.25, 0.3) is 0 Å². The quantitative estimate of drug-likeness (QED) is 0.523. The summed E-state index contributed by atoms with van der Waals surface area (Å²) in [5, 5.41) is 9.06. The second-order valence-electron chi connectivity index (χ2n) is 7.23. The molecule has 1 aromatic heterocycles. The van der Waals surface area contributed by atoms with Crippen LogP contribution < -0.4 is 0 Å². The predicted molar refractivity (Wildman–Crippen MR) is 115 cm³/mol. The lowest BCUT2D eigenvalue weighted by Gasteiger charge is -2.30. The van der Waals surface area contributed by atoms with Crippen molar-refractivity contribution < 1.29 is 9.18 Å². The molecule has 5 nitrogen and oxygen atoms in total. The zero-order chi connectivity index (χ0) is 21.0. The molecule has 0 radical (unpaired) electrons. The number of carbonyl (C=O) groups is 1. The third kappa shape index (κ3) is 4.67. The molecular weight excluding hydrogens is 387 g/mol. The van der Waals surface area contributed by atoms with Gasteiger partial charge < -0.3 is 4.90 Å². The van der Waals surface area contributed by atoms with Crippen molar-refractivity contribution in [2.24, 2.45) is 0 Å². The molecule has 1 heterocycles. The van der Waals surface area contributed by atoms with Gasteiger partial charge in [0.05, 0.1) is 11.3 Å². The molecule has 7 heteroatoms. The maximum Gasteiger partial charge on any atom is 0.233 e. The molecule has 0 bridgehead atoms. The van der Waals surface area contributed by atoms with Crippen LogP contribution in [0.4, 0.5) is 4.39 Å². The lowest BCUT2D eigenvalue weighted by atomic mass is 10.2. The molecule has 0 spiro atoms. The van der Waals surface area contributed by atoms with Gasteiger partial charge >= 0.3 is 0 Å². The van der Waals surface area contributed by atoms with Crippen LogP contribution in [0.1, 0.15) is 27.7 Å². The first kappa shape index (κ1) is 21.0. The average molecular weight is 413 g/mol. The molecule has 0 aliphatic rings. The van der Waals surface area contributed by atoms with Crippen LogP contribution in [0.2, 0.25) is 0 Å². The number of carbonyl (C=O) groups excluding carboxylic acids is 1. The first-order valence-electron chi connectivity index (χ1n) is 9.59. The zero-order valence-electron chi connectivity index (χ0n) is 17.0. The van der Waals surface area contributed by atoms with Gasteiger partial charge in [-0.25, -0.2) is 4.39 Å². The highest BCUT2D eigenvalue weighted by atomic mass is 32.2. The van der Waals surface area contributed by atoms with E-state index in [1.165, 1.54) is 17.8 Å². The Morgan fingerprint density at radius 3 is 2.24 bits per heavy atom. The maximum atomic E-state index is 14.4. The van der Waals surface area contributed by atoms with Gasteiger partial charge in [0.2, 0.25) is 5.91 Å². The van der Waals surface area contributed by atoms with Gasteiger partial charge in [0, 0.05) is 17.8 Å². The molecule has 29 heavy (non-hydrogen) atoms. The molecule has 0 fully saturated rings. The van der Waals surface area contributed by atoms with E-state index in [-0.39, 0.29) is 29.6 Å². The van der Waals surface area contributed by atoms with Crippen LogP contribution in [0.3, 0.4) is 0 Å². The van der Waals surface area contributed by atoms with E-state index in [9.17, 15) is 9.18 Å². The van der Waals surface area contributed by atoms with Gasteiger partial charge in [0.15, 0.2) is 11.0 Å². The molecule has 0 unspecified atom stereocenters. The lowest BCUT2D eigenvalue weighted by Crippen LogP contribution is -2.43. The van der Waals surface area contributed by atoms with E-state index in [1.54, 1.807) is 22.8 Å². The Bertz CT molecular complexity index is 964. The Kier molecular flexibility index (Phi) is 6.69. The van der Waals surface area contributed by atoms with Gasteiger partial charge in [-0.1, -0.05) is 42.1 Å². The molecular formula is C22H25FN4OS. The number of hydrogen-bond donors (Lipinski definition) is 0. The van der Waals surface area contributed by atoms with Crippen molar-refractivity contribution in [3.05, 3.63) is 60.4 Å². The monoisotopic (exact) mass is 412 g/mol. The topological polar surface area (TPSA) is 51.0 Å². The molecule has 0 atom stereocenters. The Morgan fingerprint density at radius 1 is 1.00 bits per heavy atom. The fourth-order valence-electron chi connectivity index (χ4n) is 3.36.